The fourth-order valence-corrected chi connectivity index (χ4v) is 25.1. The number of anilines is 2. The number of nitrogens with zero attached hydrogens (tertiary/aromatic N) is 16. The van der Waals surface area contributed by atoms with Crippen LogP contribution < -0.4 is 53.9 Å². The number of fused-ring (bicyclic) bond motifs is 6. The van der Waals surface area contributed by atoms with Crippen LogP contribution in [0.3, 0.4) is 0 Å². The molecule has 0 aromatic carbocycles. The third-order valence-corrected chi connectivity index (χ3v) is 42.5. The van der Waals surface area contributed by atoms with Crippen molar-refractivity contribution < 1.29 is 83.8 Å². The Kier molecular flexibility index (Phi) is 38.7. The number of aromatic nitrogens is 16. The summed E-state index contributed by atoms with van der Waals surface area (Å²) in [5.74, 6) is -2.88. The lowest BCUT2D eigenvalue weighted by Crippen LogP contribution is -2.53. The SMILES string of the molecule is CC(C)C(=O)Cc1nc2c(ncn2[C@@H]2O[C@H](COP(=S)(N[C@H]3[C@@H](O[Si](C)(C)C(C)(C)C)[C@H](n4cnc5c(=O)[nH]c(NC(=O)C(C)C)nc54)O[C@@H]3COP=S)OCCC#N)[C@@H](N)[C@H]2C)c(=O)[nH]1.N#CCCO.[C-]#[N+]CCOP1(=S)N[C@H]2[C@@H](C)[C@H](n3cnc4c(=O)[nH]c(CC(=O)C(C)C)nc43)O[C@@H]2COP(=S)(OCCC#N)N[C@H]2[C@@H](O[Si](C)(C)C(C)(C)C)[C@H](n3cnc4c(=O)[nH]c(NC(=O)C(C)C)nc43)O[C@@H]2CO1. The molecule has 12 N–H and O–H groups in total. The lowest BCUT2D eigenvalue weighted by Gasteiger charge is -2.41. The predicted octanol–water partition coefficient (Wildman–Crippen LogP) is 8.84. The molecule has 8 aromatic heterocycles. The molecule has 0 saturated carbocycles. The van der Waals surface area contributed by atoms with Crippen molar-refractivity contribution in [1.82, 2.24) is 93.3 Å². The average Bonchev–Trinajstić information content (AvgIpc) is 1.62. The number of aliphatic hydroxyl groups excluding tert-OH is 1. The normalized spacial score (nSPS) is 26.0. The maximum Gasteiger partial charge on any atom is 0.280 e. The predicted molar refractivity (Wildman–Crippen MR) is 542 cm³/mol. The highest BCUT2D eigenvalue weighted by Crippen LogP contribution is 2.56. The van der Waals surface area contributed by atoms with Gasteiger partial charge in [0.1, 0.15) is 80.4 Å². The summed E-state index contributed by atoms with van der Waals surface area (Å²) in [7, 11) is -5.24. The first-order chi connectivity index (χ1) is 66.8. The standard InChI is InChI=1S/C42H61N13O11P2S2Si.C39H58N12O10P2S2Si.C3H5NO/c1-22(2)25(56)17-28-47-34-31(37(58)48-28)45-20-54(34)39-24(5)29-26(64-39)18-62-68(70,60-15-12-13-43)53-30-27(19-63-67(69,52-29)61-16-14-44-9)65-40(33(30)66-71(10,11)42(6,7)8)55-21-46-32-35(55)49-41(51-38(32)59)50-36(57)23(3)4;1-19(2)22(52)14-25-44-31-28(34(54)45-25)42-17-50(31)36-21(5)26(41)23(59-36)16-58-63(65,57-13-11-12-40)49-27-24(15-56-62-64)60-37(30(27)61-66(9,10)39(6,7)8)51-18-43-29-32(51)46-38(48-35(29)55)47-33(53)20(3)4;4-2-1-3-5/h20-24,26-27,29-30,33,39-40H,12,14-19H2,1-8,10-11H3,(H,52,69)(H,53,70)(H,47,48,58)(H2,49,50,51,57,59);17-21,23-24,26-27,30,36-37H,11,13-16,41H2,1-10H3,(H,49,65)(H,44,45,54)(H2,46,47,48,53,55);5H,1,3H2/t24-,26-,27-,29+,30-,33-,39-,40-,67?,68?;21-,23-,24-,26+,27-,30-,36-,37-,63?;/m11./s1. The van der Waals surface area contributed by atoms with E-state index in [1.54, 1.807) is 79.7 Å². The van der Waals surface area contributed by atoms with Crippen LogP contribution in [0.1, 0.15) is 167 Å². The second-order valence-electron chi connectivity index (χ2n) is 38.8. The van der Waals surface area contributed by atoms with Gasteiger partial charge in [-0.25, -0.2) is 51.7 Å². The third kappa shape index (κ3) is 27.0. The zero-order valence-electron chi connectivity index (χ0n) is 82.4. The highest BCUT2D eigenvalue weighted by atomic mass is 32.5. The summed E-state index contributed by atoms with van der Waals surface area (Å²) >= 11 is 23.9. The lowest BCUT2D eigenvalue weighted by molar-refractivity contribution is -0.122. The van der Waals surface area contributed by atoms with Crippen LogP contribution in [0.15, 0.2) is 44.5 Å². The summed E-state index contributed by atoms with van der Waals surface area (Å²) < 4.78 is 92.5. The average molecular weight is 2160 g/mol. The van der Waals surface area contributed by atoms with Crippen LogP contribution in [0.5, 0.6) is 0 Å². The fourth-order valence-electron chi connectivity index (χ4n) is 15.0. The largest absolute Gasteiger partial charge is 0.408 e. The van der Waals surface area contributed by atoms with Crippen molar-refractivity contribution in [2.45, 2.75) is 265 Å². The van der Waals surface area contributed by atoms with Crippen LogP contribution in [0.4, 0.5) is 11.9 Å². The van der Waals surface area contributed by atoms with Crippen molar-refractivity contribution in [3.63, 3.8) is 0 Å². The number of aliphatic hydroxyl groups is 1. The number of carbonyl (C=O) groups is 4. The Balaban J connectivity index is 0.000000259. The van der Waals surface area contributed by atoms with E-state index < -0.39 is 162 Å². The minimum absolute atomic E-state index is 0.00144. The molecule has 19 atom stereocenters. The molecular weight excluding hydrogens is 2030 g/mol. The van der Waals surface area contributed by atoms with Crippen LogP contribution in [-0.2, 0) is 139 Å². The molecular formula is C84H124N26O22P4S4Si2. The molecule has 58 heteroatoms. The number of nitrogens with two attached hydrogens (primary N) is 1. The summed E-state index contributed by atoms with van der Waals surface area (Å²) in [6, 6.07) is 2.90. The van der Waals surface area contributed by atoms with Crippen LogP contribution in [0, 0.1) is 76.1 Å². The summed E-state index contributed by atoms with van der Waals surface area (Å²) in [5, 5.41) is 49.7. The van der Waals surface area contributed by atoms with Crippen molar-refractivity contribution >= 4 is 171 Å². The smallest absolute Gasteiger partial charge is 0.280 e. The van der Waals surface area contributed by atoms with E-state index in [-0.39, 0.29) is 218 Å². The van der Waals surface area contributed by atoms with Crippen molar-refractivity contribution in [3.8, 4) is 18.2 Å². The summed E-state index contributed by atoms with van der Waals surface area (Å²) in [6.45, 7) is 34.1. The molecule has 5 aliphatic heterocycles. The number of hydrogen-bond acceptors (Lipinski definition) is 38. The van der Waals surface area contributed by atoms with Gasteiger partial charge in [-0.2, -0.15) is 25.8 Å². The number of hydrogen-bond donors (Lipinski definition) is 11. The molecule has 13 rings (SSSR count). The van der Waals surface area contributed by atoms with Crippen LogP contribution >= 0.6 is 27.5 Å². The number of ketones is 2. The quantitative estimate of drug-likeness (QED) is 0.00755. The molecule has 142 heavy (non-hydrogen) atoms. The minimum atomic E-state index is -3.69. The van der Waals surface area contributed by atoms with Gasteiger partial charge in [0.25, 0.3) is 42.2 Å². The number of ether oxygens (including phenoxy) is 4. The molecule has 2 amide bonds. The summed E-state index contributed by atoms with van der Waals surface area (Å²) in [6.07, 6.45) is -3.03. The number of rotatable bonds is 36. The molecule has 5 fully saturated rings. The van der Waals surface area contributed by atoms with E-state index in [2.05, 4.69) is 170 Å². The van der Waals surface area contributed by atoms with Gasteiger partial charge in [0.05, 0.1) is 146 Å². The molecule has 8 aromatic rings. The van der Waals surface area contributed by atoms with E-state index in [1.807, 2.05) is 13.8 Å². The molecule has 13 heterocycles. The highest BCUT2D eigenvalue weighted by Gasteiger charge is 2.57. The van der Waals surface area contributed by atoms with Crippen molar-refractivity contribution in [2.75, 3.05) is 70.0 Å². The Hall–Kier alpha value is -8.18. The Morgan fingerprint density at radius 1 is 0.592 bits per heavy atom. The Morgan fingerprint density at radius 2 is 1.00 bits per heavy atom. The molecule has 0 bridgehead atoms. The Bertz CT molecular complexity index is 6500. The van der Waals surface area contributed by atoms with Crippen molar-refractivity contribution in [1.29, 1.82) is 15.8 Å². The van der Waals surface area contributed by atoms with Crippen molar-refractivity contribution in [2.24, 2.45) is 41.2 Å². The maximum absolute atomic E-state index is 13.5. The van der Waals surface area contributed by atoms with E-state index >= 15 is 0 Å². The molecule has 3 unspecified atom stereocenters. The number of amides is 2. The first-order valence-electron chi connectivity index (χ1n) is 46.0. The maximum atomic E-state index is 13.5. The number of nitrogens with one attached hydrogen (secondary N) is 9. The number of Topliss-reactive ketones (excluding diaryl/α,β-unsaturated/α-hetero) is 2. The first kappa shape index (κ1) is 114. The molecule has 0 aliphatic carbocycles. The van der Waals surface area contributed by atoms with E-state index in [4.69, 9.17) is 129 Å². The van der Waals surface area contributed by atoms with Gasteiger partial charge in [-0.3, -0.25) is 77.2 Å². The molecule has 0 spiro atoms. The number of imidazole rings is 4. The minimum Gasteiger partial charge on any atom is -0.408 e. The second kappa shape index (κ2) is 48.2. The molecule has 5 saturated heterocycles. The molecule has 48 nitrogen and oxygen atoms in total. The molecule has 5 aliphatic rings. The van der Waals surface area contributed by atoms with E-state index in [1.165, 1.54) is 25.3 Å². The van der Waals surface area contributed by atoms with E-state index in [0.29, 0.717) is 0 Å². The van der Waals surface area contributed by atoms with Gasteiger partial charge in [0, 0.05) is 41.5 Å². The van der Waals surface area contributed by atoms with Gasteiger partial charge >= 0.3 is 0 Å². The van der Waals surface area contributed by atoms with Gasteiger partial charge in [-0.15, -0.1) is 0 Å². The van der Waals surface area contributed by atoms with E-state index in [9.17, 15) is 48.9 Å². The van der Waals surface area contributed by atoms with E-state index in [0.717, 1.165) is 0 Å². The van der Waals surface area contributed by atoms with Crippen LogP contribution in [0.2, 0.25) is 36.3 Å². The zero-order valence-corrected chi connectivity index (χ0v) is 91.3. The fraction of sp³-hybridized carbons (Fsp3) is 0.667. The topological polar surface area (TPSA) is 625 Å². The van der Waals surface area contributed by atoms with Gasteiger partial charge in [-0.1, -0.05) is 111 Å². The molecule has 0 radical (unpaired) electrons. The van der Waals surface area contributed by atoms with Crippen LogP contribution in [0.25, 0.3) is 49.5 Å². The Labute approximate surface area is 843 Å². The summed E-state index contributed by atoms with van der Waals surface area (Å²) in [5.41, 5.74) is 5.36. The zero-order chi connectivity index (χ0) is 104. The number of aromatic amines is 4. The first-order valence-corrected chi connectivity index (χ1v) is 61.6. The van der Waals surface area contributed by atoms with Gasteiger partial charge in [0.15, 0.2) is 73.7 Å². The number of H-pyrrole nitrogens is 4. The second-order valence-corrected chi connectivity index (χ2v) is 58.8. The van der Waals surface area contributed by atoms with Gasteiger partial charge in [-0.05, 0) is 83.5 Å². The van der Waals surface area contributed by atoms with Gasteiger partial charge in [0.2, 0.25) is 30.3 Å². The van der Waals surface area contributed by atoms with Crippen LogP contribution in [-0.4, -0.2) is 243 Å². The highest BCUT2D eigenvalue weighted by molar-refractivity contribution is 8.09. The summed E-state index contributed by atoms with van der Waals surface area (Å²) in [4.78, 5) is 154. The number of nitriles is 3. The molecule has 774 valence electrons. The monoisotopic (exact) mass is 2160 g/mol. The number of carbonyl (C=O) groups excluding carboxylic acids is 4. The lowest BCUT2D eigenvalue weighted by atomic mass is 10.00. The Morgan fingerprint density at radius 3 is 1.44 bits per heavy atom. The van der Waals surface area contributed by atoms with Crippen molar-refractivity contribution in [3.05, 3.63) is 89.8 Å². The third-order valence-electron chi connectivity index (χ3n) is 25.2. The van der Waals surface area contributed by atoms with Gasteiger partial charge < -0.3 is 85.1 Å².